The number of allylic oxidation sites excluding steroid dienone is 1. The van der Waals surface area contributed by atoms with E-state index in [0.29, 0.717) is 23.6 Å². The fourth-order valence-corrected chi connectivity index (χ4v) is 7.38. The van der Waals surface area contributed by atoms with Crippen LogP contribution in [0.1, 0.15) is 40.7 Å². The van der Waals surface area contributed by atoms with E-state index in [-0.39, 0.29) is 29.7 Å². The summed E-state index contributed by atoms with van der Waals surface area (Å²) in [5, 5.41) is 52.4. The third kappa shape index (κ3) is 4.57. The van der Waals surface area contributed by atoms with Crippen LogP contribution in [0.25, 0.3) is 0 Å². The van der Waals surface area contributed by atoms with Crippen molar-refractivity contribution >= 4 is 23.2 Å². The van der Waals surface area contributed by atoms with E-state index in [2.05, 4.69) is 10.6 Å². The monoisotopic (exact) mass is 583 g/mol. The number of benzene rings is 1. The number of aromatic hydroxyl groups is 1. The van der Waals surface area contributed by atoms with Crippen molar-refractivity contribution in [3.63, 3.8) is 0 Å². The Morgan fingerprint density at radius 1 is 1.14 bits per heavy atom. The lowest BCUT2D eigenvalue weighted by atomic mass is 9.58. The number of nitrogens with zero attached hydrogens (tertiary/aromatic N) is 2. The lowest BCUT2D eigenvalue weighted by Crippen LogP contribution is -2.63. The second-order valence-corrected chi connectivity index (χ2v) is 12.4. The fourth-order valence-electron chi connectivity index (χ4n) is 7.38. The molecule has 1 saturated heterocycles. The second kappa shape index (κ2) is 11.0. The molecule has 4 aliphatic rings. The van der Waals surface area contributed by atoms with E-state index in [1.165, 1.54) is 4.90 Å². The average Bonchev–Trinajstić information content (AvgIpc) is 2.92. The molecule has 0 saturated carbocycles. The van der Waals surface area contributed by atoms with Gasteiger partial charge in [-0.25, -0.2) is 0 Å². The molecule has 12 heteroatoms. The number of primary amides is 1. The van der Waals surface area contributed by atoms with Gasteiger partial charge in [-0.05, 0) is 82.9 Å². The minimum atomic E-state index is -2.65. The van der Waals surface area contributed by atoms with Gasteiger partial charge in [0.2, 0.25) is 5.78 Å². The molecule has 42 heavy (non-hydrogen) atoms. The Labute approximate surface area is 244 Å². The zero-order valence-electron chi connectivity index (χ0n) is 24.5. The number of carbonyl (C=O) groups excluding carboxylic acids is 3. The number of aliphatic hydroxyl groups is 3. The van der Waals surface area contributed by atoms with Crippen LogP contribution < -0.4 is 21.3 Å². The van der Waals surface area contributed by atoms with E-state index in [0.717, 1.165) is 38.2 Å². The predicted octanol–water partition coefficient (Wildman–Crippen LogP) is 0.276. The quantitative estimate of drug-likeness (QED) is 0.218. The highest BCUT2D eigenvalue weighted by Crippen LogP contribution is 2.53. The van der Waals surface area contributed by atoms with Gasteiger partial charge in [-0.2, -0.15) is 0 Å². The number of phenolic OH excluding ortho intramolecular Hbond substituents is 1. The summed E-state index contributed by atoms with van der Waals surface area (Å²) < 4.78 is 0. The van der Waals surface area contributed by atoms with E-state index in [9.17, 15) is 34.8 Å². The molecule has 1 aromatic carbocycles. The SMILES string of the molecule is CN(C)c1cc(CNCC2CCNCC2)c(O)c2c1C[C@H]1C[C@H]3[C@H](N(C)C)C(O)=C(C(N)=O)C(=O)[C@@]3(O)C(O)=C1C2=O. The Morgan fingerprint density at radius 3 is 2.40 bits per heavy atom. The van der Waals surface area contributed by atoms with Crippen molar-refractivity contribution in [1.29, 1.82) is 0 Å². The molecule has 1 fully saturated rings. The fraction of sp³-hybridized carbons (Fsp3) is 0.567. The molecule has 228 valence electrons. The summed E-state index contributed by atoms with van der Waals surface area (Å²) in [6, 6.07) is 0.843. The Hall–Kier alpha value is -3.45. The Bertz CT molecular complexity index is 1390. The van der Waals surface area contributed by atoms with Crippen molar-refractivity contribution in [2.45, 2.75) is 43.9 Å². The van der Waals surface area contributed by atoms with Crippen LogP contribution in [-0.4, -0.2) is 102 Å². The van der Waals surface area contributed by atoms with E-state index < -0.39 is 58.0 Å². The van der Waals surface area contributed by atoms with Crippen molar-refractivity contribution in [2.24, 2.45) is 23.5 Å². The predicted molar refractivity (Wildman–Crippen MR) is 155 cm³/mol. The number of rotatable bonds is 7. The first-order valence-electron chi connectivity index (χ1n) is 14.4. The topological polar surface area (TPSA) is 189 Å². The Kier molecular flexibility index (Phi) is 7.86. The standard InChI is InChI=1S/C30H41N5O7/c1-34(2)19-11-16(13-33-12-14-5-7-32-8-6-14)24(36)21-17(19)9-15-10-18-23(35(3)4)26(38)22(29(31)41)28(40)30(18,42)27(39)20(15)25(21)37/h11,14-15,18,23,32-33,36,38-39,42H,5-10,12-13H2,1-4H3,(H2,31,41)/t15-,18-,23-,30-/m0/s1. The van der Waals surface area contributed by atoms with Gasteiger partial charge in [0.1, 0.15) is 22.8 Å². The second-order valence-electron chi connectivity index (χ2n) is 12.4. The van der Waals surface area contributed by atoms with Gasteiger partial charge in [0.15, 0.2) is 11.4 Å². The molecule has 4 atom stereocenters. The number of fused-ring (bicyclic) bond motifs is 3. The molecule has 3 aliphatic carbocycles. The number of anilines is 1. The normalized spacial score (nSPS) is 28.1. The van der Waals surface area contributed by atoms with Gasteiger partial charge in [0.05, 0.1) is 11.6 Å². The van der Waals surface area contributed by atoms with Gasteiger partial charge in [-0.3, -0.25) is 19.3 Å². The number of likely N-dealkylation sites (N-methyl/N-ethyl adjacent to an activating group) is 1. The molecule has 1 amide bonds. The first kappa shape index (κ1) is 30.0. The number of Topliss-reactive ketones (excluding diaryl/α,β-unsaturated/α-hetero) is 2. The number of amides is 1. The number of nitrogens with one attached hydrogen (secondary N) is 2. The number of hydrogen-bond donors (Lipinski definition) is 7. The molecule has 1 aliphatic heterocycles. The zero-order chi connectivity index (χ0) is 30.7. The highest BCUT2D eigenvalue weighted by molar-refractivity contribution is 6.24. The van der Waals surface area contributed by atoms with Gasteiger partial charge >= 0.3 is 0 Å². The molecule has 1 heterocycles. The summed E-state index contributed by atoms with van der Waals surface area (Å²) in [5.74, 6) is -5.98. The van der Waals surface area contributed by atoms with Crippen LogP contribution in [0, 0.1) is 17.8 Å². The first-order chi connectivity index (χ1) is 19.8. The van der Waals surface area contributed by atoms with Gasteiger partial charge in [0, 0.05) is 43.4 Å². The Morgan fingerprint density at radius 2 is 1.81 bits per heavy atom. The van der Waals surface area contributed by atoms with Crippen LogP contribution in [0.2, 0.25) is 0 Å². The number of aliphatic hydroxyl groups excluding tert-OH is 2. The number of nitrogens with two attached hydrogens (primary N) is 1. The third-order valence-corrected chi connectivity index (χ3v) is 9.47. The molecule has 5 rings (SSSR count). The van der Waals surface area contributed by atoms with Gasteiger partial charge in [-0.1, -0.05) is 0 Å². The van der Waals surface area contributed by atoms with Crippen LogP contribution in [0.3, 0.4) is 0 Å². The Balaban J connectivity index is 1.58. The van der Waals surface area contributed by atoms with Gasteiger partial charge in [0.25, 0.3) is 5.91 Å². The van der Waals surface area contributed by atoms with Crippen molar-refractivity contribution < 1.29 is 34.8 Å². The van der Waals surface area contributed by atoms with E-state index in [1.54, 1.807) is 14.1 Å². The van der Waals surface area contributed by atoms with Gasteiger partial charge in [-0.15, -0.1) is 0 Å². The summed E-state index contributed by atoms with van der Waals surface area (Å²) in [6.45, 7) is 3.03. The van der Waals surface area contributed by atoms with Crippen molar-refractivity contribution in [1.82, 2.24) is 15.5 Å². The first-order valence-corrected chi connectivity index (χ1v) is 14.4. The lowest BCUT2D eigenvalue weighted by molar-refractivity contribution is -0.148. The summed E-state index contributed by atoms with van der Waals surface area (Å²) in [4.78, 5) is 43.2. The van der Waals surface area contributed by atoms with E-state index in [1.807, 2.05) is 25.1 Å². The average molecular weight is 584 g/mol. The third-order valence-electron chi connectivity index (χ3n) is 9.47. The number of carbonyl (C=O) groups is 3. The molecule has 8 N–H and O–H groups in total. The molecule has 0 bridgehead atoms. The lowest BCUT2D eigenvalue weighted by Gasteiger charge is -2.50. The molecular weight excluding hydrogens is 542 g/mol. The molecule has 0 aromatic heterocycles. The molecule has 0 spiro atoms. The zero-order valence-corrected chi connectivity index (χ0v) is 24.5. The highest BCUT2D eigenvalue weighted by Gasteiger charge is 2.63. The minimum Gasteiger partial charge on any atom is -0.510 e. The van der Waals surface area contributed by atoms with Crippen molar-refractivity contribution in [3.05, 3.63) is 45.4 Å². The molecule has 0 radical (unpaired) electrons. The molecule has 1 aromatic rings. The number of hydrogen-bond acceptors (Lipinski definition) is 11. The van der Waals surface area contributed by atoms with E-state index >= 15 is 0 Å². The number of phenols is 1. The maximum Gasteiger partial charge on any atom is 0.255 e. The van der Waals surface area contributed by atoms with Crippen LogP contribution in [0.15, 0.2) is 28.7 Å². The molecular formula is C30H41N5O7. The van der Waals surface area contributed by atoms with Gasteiger partial charge < -0.3 is 41.7 Å². The minimum absolute atomic E-state index is 0.0284. The maximum atomic E-state index is 14.1. The van der Waals surface area contributed by atoms with Crippen molar-refractivity contribution in [2.75, 3.05) is 52.7 Å². The summed E-state index contributed by atoms with van der Waals surface area (Å²) in [5.41, 5.74) is 3.69. The summed E-state index contributed by atoms with van der Waals surface area (Å²) in [6.07, 6.45) is 2.42. The van der Waals surface area contributed by atoms with Crippen LogP contribution in [0.5, 0.6) is 5.75 Å². The van der Waals surface area contributed by atoms with Crippen molar-refractivity contribution in [3.8, 4) is 5.75 Å². The smallest absolute Gasteiger partial charge is 0.255 e. The summed E-state index contributed by atoms with van der Waals surface area (Å²) in [7, 11) is 6.91. The number of ketones is 2. The number of piperidine rings is 1. The van der Waals surface area contributed by atoms with Crippen LogP contribution in [-0.2, 0) is 22.6 Å². The largest absolute Gasteiger partial charge is 0.510 e. The maximum absolute atomic E-state index is 14.1. The van der Waals surface area contributed by atoms with Crippen LogP contribution >= 0.6 is 0 Å². The highest BCUT2D eigenvalue weighted by atomic mass is 16.3. The molecule has 12 nitrogen and oxygen atoms in total. The van der Waals surface area contributed by atoms with Crippen LogP contribution in [0.4, 0.5) is 5.69 Å². The van der Waals surface area contributed by atoms with E-state index in [4.69, 9.17) is 5.73 Å². The molecule has 0 unspecified atom stereocenters. The summed E-state index contributed by atoms with van der Waals surface area (Å²) >= 11 is 0.